The van der Waals surface area contributed by atoms with Gasteiger partial charge in [0.05, 0.1) is 5.52 Å². The van der Waals surface area contributed by atoms with Crippen molar-refractivity contribution in [2.45, 2.75) is 32.0 Å². The number of carbonyl (C=O) groups excluding carboxylic acids is 1. The molecule has 5 heteroatoms. The third-order valence-electron chi connectivity index (χ3n) is 4.09. The molecule has 1 amide bonds. The van der Waals surface area contributed by atoms with Crippen LogP contribution in [0, 0.1) is 0 Å². The molecule has 0 radical (unpaired) electrons. The summed E-state index contributed by atoms with van der Waals surface area (Å²) in [5.41, 5.74) is 2.20. The predicted octanol–water partition coefficient (Wildman–Crippen LogP) is 2.63. The van der Waals surface area contributed by atoms with E-state index in [4.69, 9.17) is 11.6 Å². The third-order valence-corrected chi connectivity index (χ3v) is 4.32. The highest BCUT2D eigenvalue weighted by molar-refractivity contribution is 6.31. The summed E-state index contributed by atoms with van der Waals surface area (Å²) in [5.74, 6) is 0.158. The number of carbonyl (C=O) groups is 1. The Hall–Kier alpha value is -1.52. The summed E-state index contributed by atoms with van der Waals surface area (Å²) < 4.78 is 2.01. The normalized spacial score (nSPS) is 14.6. The molecule has 0 spiro atoms. The highest BCUT2D eigenvalue weighted by Gasteiger charge is 2.29. The maximum atomic E-state index is 12.3. The van der Waals surface area contributed by atoms with Crippen LogP contribution in [0.5, 0.6) is 0 Å². The van der Waals surface area contributed by atoms with Gasteiger partial charge in [-0.2, -0.15) is 0 Å². The van der Waals surface area contributed by atoms with E-state index in [1.165, 1.54) is 5.56 Å². The van der Waals surface area contributed by atoms with Crippen molar-refractivity contribution in [3.05, 3.63) is 35.0 Å². The largest absolute Gasteiger partial charge is 0.341 e. The molecule has 0 bridgehead atoms. The Morgan fingerprint density at radius 3 is 2.90 bits per heavy atom. The Kier molecular flexibility index (Phi) is 3.91. The van der Waals surface area contributed by atoms with Crippen molar-refractivity contribution >= 4 is 28.4 Å². The minimum Gasteiger partial charge on any atom is -0.341 e. The van der Waals surface area contributed by atoms with Crippen LogP contribution in [0.3, 0.4) is 0 Å². The second kappa shape index (κ2) is 5.70. The van der Waals surface area contributed by atoms with Gasteiger partial charge in [-0.3, -0.25) is 4.79 Å². The minimum atomic E-state index is 0.158. The lowest BCUT2D eigenvalue weighted by Crippen LogP contribution is -2.31. The summed E-state index contributed by atoms with van der Waals surface area (Å²) in [6.07, 6.45) is 4.31. The van der Waals surface area contributed by atoms with E-state index in [-0.39, 0.29) is 5.91 Å². The molecular weight excluding hydrogens is 286 g/mol. The Labute approximate surface area is 129 Å². The quantitative estimate of drug-likeness (QED) is 0.922. The summed E-state index contributed by atoms with van der Waals surface area (Å²) in [6.45, 7) is 1.14. The van der Waals surface area contributed by atoms with Gasteiger partial charge in [-0.15, -0.1) is 0 Å². The van der Waals surface area contributed by atoms with Crippen molar-refractivity contribution in [1.29, 1.82) is 0 Å². The number of hydrogen-bond acceptors (Lipinski definition) is 2. The molecule has 0 aliphatic heterocycles. The molecule has 1 heterocycles. The van der Waals surface area contributed by atoms with Crippen LogP contribution in [0.25, 0.3) is 10.9 Å². The molecule has 1 aromatic heterocycles. The van der Waals surface area contributed by atoms with Crippen molar-refractivity contribution in [2.75, 3.05) is 14.1 Å². The van der Waals surface area contributed by atoms with Crippen LogP contribution in [0.15, 0.2) is 24.4 Å². The van der Waals surface area contributed by atoms with Gasteiger partial charge in [0.2, 0.25) is 5.91 Å². The molecule has 1 aromatic carbocycles. The molecule has 2 aromatic rings. The smallest absolute Gasteiger partial charge is 0.242 e. The number of aromatic nitrogens is 1. The lowest BCUT2D eigenvalue weighted by Gasteiger charge is -2.17. The summed E-state index contributed by atoms with van der Waals surface area (Å²) >= 11 is 6.11. The SMILES string of the molecule is CNCc1cn(CC(=O)N(C)C2CC2)c2cc(Cl)ccc12. The van der Waals surface area contributed by atoms with Crippen LogP contribution < -0.4 is 5.32 Å². The number of benzene rings is 1. The number of halogens is 1. The summed E-state index contributed by atoms with van der Waals surface area (Å²) in [4.78, 5) is 14.2. The van der Waals surface area contributed by atoms with E-state index in [0.717, 1.165) is 30.3 Å². The zero-order chi connectivity index (χ0) is 15.0. The molecule has 4 nitrogen and oxygen atoms in total. The number of nitrogens with one attached hydrogen (secondary N) is 1. The first kappa shape index (κ1) is 14.4. The van der Waals surface area contributed by atoms with Gasteiger partial charge < -0.3 is 14.8 Å². The van der Waals surface area contributed by atoms with Gasteiger partial charge in [0.25, 0.3) is 0 Å². The maximum Gasteiger partial charge on any atom is 0.242 e. The van der Waals surface area contributed by atoms with Crippen LogP contribution in [-0.2, 0) is 17.9 Å². The van der Waals surface area contributed by atoms with E-state index in [9.17, 15) is 4.79 Å². The molecule has 112 valence electrons. The lowest BCUT2D eigenvalue weighted by atomic mass is 10.2. The molecule has 1 aliphatic carbocycles. The molecule has 0 unspecified atom stereocenters. The van der Waals surface area contributed by atoms with Crippen LogP contribution in [0.2, 0.25) is 5.02 Å². The van der Waals surface area contributed by atoms with Gasteiger partial charge in [-0.05, 0) is 37.6 Å². The van der Waals surface area contributed by atoms with Crippen molar-refractivity contribution in [3.8, 4) is 0 Å². The van der Waals surface area contributed by atoms with E-state index in [1.807, 2.05) is 41.8 Å². The average Bonchev–Trinajstić information content (AvgIpc) is 3.25. The molecule has 1 N–H and O–H groups in total. The Balaban J connectivity index is 1.93. The minimum absolute atomic E-state index is 0.158. The van der Waals surface area contributed by atoms with E-state index in [1.54, 1.807) is 0 Å². The van der Waals surface area contributed by atoms with Crippen molar-refractivity contribution < 1.29 is 4.79 Å². The number of likely N-dealkylation sites (N-methyl/N-ethyl adjacent to an activating group) is 1. The first-order valence-electron chi connectivity index (χ1n) is 7.27. The van der Waals surface area contributed by atoms with Gasteiger partial charge >= 0.3 is 0 Å². The average molecular weight is 306 g/mol. The molecule has 0 saturated heterocycles. The summed E-state index contributed by atoms with van der Waals surface area (Å²) in [7, 11) is 3.82. The second-order valence-corrected chi connectivity index (χ2v) is 6.15. The van der Waals surface area contributed by atoms with Crippen LogP contribution in [-0.4, -0.2) is 35.5 Å². The molecular formula is C16H20ClN3O. The number of amides is 1. The van der Waals surface area contributed by atoms with Crippen LogP contribution >= 0.6 is 11.6 Å². The molecule has 0 atom stereocenters. The van der Waals surface area contributed by atoms with Crippen LogP contribution in [0.1, 0.15) is 18.4 Å². The van der Waals surface area contributed by atoms with Crippen molar-refractivity contribution in [3.63, 3.8) is 0 Å². The maximum absolute atomic E-state index is 12.3. The van der Waals surface area contributed by atoms with E-state index in [0.29, 0.717) is 17.6 Å². The fourth-order valence-corrected chi connectivity index (χ4v) is 2.89. The van der Waals surface area contributed by atoms with E-state index in [2.05, 4.69) is 11.5 Å². The van der Waals surface area contributed by atoms with E-state index < -0.39 is 0 Å². The zero-order valence-electron chi connectivity index (χ0n) is 12.4. The molecule has 3 rings (SSSR count). The molecule has 1 aliphatic rings. The standard InChI is InChI=1S/C16H20ClN3O/c1-18-8-11-9-20(10-16(21)19(2)13-4-5-13)15-7-12(17)3-6-14(11)15/h3,6-7,9,13,18H,4-5,8,10H2,1-2H3. The van der Waals surface area contributed by atoms with Crippen molar-refractivity contribution in [2.24, 2.45) is 0 Å². The molecule has 21 heavy (non-hydrogen) atoms. The molecule has 1 saturated carbocycles. The van der Waals surface area contributed by atoms with Gasteiger partial charge in [-0.25, -0.2) is 0 Å². The predicted molar refractivity (Wildman–Crippen MR) is 85.5 cm³/mol. The highest BCUT2D eigenvalue weighted by Crippen LogP contribution is 2.27. The van der Waals surface area contributed by atoms with Gasteiger partial charge in [-0.1, -0.05) is 17.7 Å². The zero-order valence-corrected chi connectivity index (χ0v) is 13.2. The van der Waals surface area contributed by atoms with Gasteiger partial charge in [0.15, 0.2) is 0 Å². The fourth-order valence-electron chi connectivity index (χ4n) is 2.73. The second-order valence-electron chi connectivity index (χ2n) is 5.71. The first-order chi connectivity index (χ1) is 10.1. The van der Waals surface area contributed by atoms with E-state index >= 15 is 0 Å². The van der Waals surface area contributed by atoms with Gasteiger partial charge in [0, 0.05) is 36.2 Å². The van der Waals surface area contributed by atoms with Gasteiger partial charge in [0.1, 0.15) is 6.54 Å². The lowest BCUT2D eigenvalue weighted by molar-refractivity contribution is -0.130. The highest BCUT2D eigenvalue weighted by atomic mass is 35.5. The third kappa shape index (κ3) is 2.92. The Bertz CT molecular complexity index is 675. The van der Waals surface area contributed by atoms with Crippen LogP contribution in [0.4, 0.5) is 0 Å². The first-order valence-corrected chi connectivity index (χ1v) is 7.65. The summed E-state index contributed by atoms with van der Waals surface area (Å²) in [5, 5.41) is 5.01. The Morgan fingerprint density at radius 1 is 1.48 bits per heavy atom. The monoisotopic (exact) mass is 305 g/mol. The summed E-state index contributed by atoms with van der Waals surface area (Å²) in [6, 6.07) is 6.29. The number of nitrogens with zero attached hydrogens (tertiary/aromatic N) is 2. The van der Waals surface area contributed by atoms with Crippen molar-refractivity contribution in [1.82, 2.24) is 14.8 Å². The Morgan fingerprint density at radius 2 is 2.24 bits per heavy atom. The topological polar surface area (TPSA) is 37.3 Å². The number of hydrogen-bond donors (Lipinski definition) is 1. The molecule has 1 fully saturated rings. The number of rotatable bonds is 5. The fraction of sp³-hybridized carbons (Fsp3) is 0.438. The number of fused-ring (bicyclic) bond motifs is 1.